The molecule has 1 unspecified atom stereocenters. The highest BCUT2D eigenvalue weighted by Crippen LogP contribution is 2.25. The third-order valence-electron chi connectivity index (χ3n) is 2.61. The van der Waals surface area contributed by atoms with Crippen molar-refractivity contribution in [3.05, 3.63) is 35.5 Å². The van der Waals surface area contributed by atoms with E-state index in [9.17, 15) is 4.79 Å². The zero-order valence-electron chi connectivity index (χ0n) is 9.98. The molecular weight excluding hydrogens is 250 g/mol. The van der Waals surface area contributed by atoms with Crippen LogP contribution in [0.1, 0.15) is 13.3 Å². The Bertz CT molecular complexity index is 585. The Morgan fingerprint density at radius 2 is 2.28 bits per heavy atom. The number of amides is 1. The number of hydrogen-bond acceptors (Lipinski definition) is 3. The molecule has 1 atom stereocenters. The van der Waals surface area contributed by atoms with Crippen LogP contribution in [0.5, 0.6) is 0 Å². The molecule has 1 aromatic heterocycles. The Balaban J connectivity index is 2.30. The van der Waals surface area contributed by atoms with Crippen LogP contribution in [0, 0.1) is 0 Å². The van der Waals surface area contributed by atoms with E-state index in [-0.39, 0.29) is 18.4 Å². The summed E-state index contributed by atoms with van der Waals surface area (Å²) in [5.41, 5.74) is 6.91. The largest absolute Gasteiger partial charge is 0.381 e. The van der Waals surface area contributed by atoms with Gasteiger partial charge in [-0.1, -0.05) is 11.6 Å². The fourth-order valence-electron chi connectivity index (χ4n) is 1.87. The summed E-state index contributed by atoms with van der Waals surface area (Å²) in [6, 6.07) is 7.37. The lowest BCUT2D eigenvalue weighted by atomic mass is 10.1. The van der Waals surface area contributed by atoms with Crippen LogP contribution < -0.4 is 11.1 Å². The summed E-state index contributed by atoms with van der Waals surface area (Å²) in [6.45, 7) is 1.91. The van der Waals surface area contributed by atoms with E-state index in [0.717, 1.165) is 16.6 Å². The van der Waals surface area contributed by atoms with Crippen LogP contribution in [0.4, 0.5) is 5.69 Å². The number of rotatable bonds is 4. The number of aromatic nitrogens is 1. The minimum atomic E-state index is -0.323. The first-order valence-corrected chi connectivity index (χ1v) is 6.03. The average Bonchev–Trinajstić information content (AvgIpc) is 2.27. The quantitative estimate of drug-likeness (QED) is 0.891. The minimum Gasteiger partial charge on any atom is -0.381 e. The number of benzene rings is 1. The van der Waals surface area contributed by atoms with Crippen LogP contribution in [0.3, 0.4) is 0 Å². The SMILES string of the molecule is CC(CC(N)=O)Nc1ccnc2cc(Cl)ccc12. The van der Waals surface area contributed by atoms with Crippen LogP contribution >= 0.6 is 11.6 Å². The summed E-state index contributed by atoms with van der Waals surface area (Å²) in [7, 11) is 0. The van der Waals surface area contributed by atoms with Gasteiger partial charge in [-0.2, -0.15) is 0 Å². The fourth-order valence-corrected chi connectivity index (χ4v) is 2.03. The zero-order valence-corrected chi connectivity index (χ0v) is 10.7. The first-order chi connectivity index (χ1) is 8.56. The highest BCUT2D eigenvalue weighted by Gasteiger charge is 2.08. The van der Waals surface area contributed by atoms with E-state index in [2.05, 4.69) is 10.3 Å². The molecule has 0 aliphatic heterocycles. The van der Waals surface area contributed by atoms with Gasteiger partial charge in [0, 0.05) is 34.8 Å². The number of nitrogens with zero attached hydrogens (tertiary/aromatic N) is 1. The number of halogens is 1. The molecule has 1 aromatic carbocycles. The molecule has 0 saturated heterocycles. The van der Waals surface area contributed by atoms with Gasteiger partial charge >= 0.3 is 0 Å². The molecule has 0 bridgehead atoms. The van der Waals surface area contributed by atoms with Gasteiger partial charge in [0.25, 0.3) is 0 Å². The minimum absolute atomic E-state index is 0.0243. The van der Waals surface area contributed by atoms with Crippen LogP contribution in [-0.4, -0.2) is 16.9 Å². The van der Waals surface area contributed by atoms with E-state index in [1.807, 2.05) is 25.1 Å². The van der Waals surface area contributed by atoms with Crippen molar-refractivity contribution >= 4 is 34.1 Å². The zero-order chi connectivity index (χ0) is 13.1. The van der Waals surface area contributed by atoms with Crippen molar-refractivity contribution in [2.24, 2.45) is 5.73 Å². The van der Waals surface area contributed by atoms with Gasteiger partial charge < -0.3 is 11.1 Å². The van der Waals surface area contributed by atoms with Crippen molar-refractivity contribution in [1.29, 1.82) is 0 Å². The van der Waals surface area contributed by atoms with E-state index in [4.69, 9.17) is 17.3 Å². The van der Waals surface area contributed by atoms with Gasteiger partial charge in [-0.15, -0.1) is 0 Å². The second-order valence-electron chi connectivity index (χ2n) is 4.24. The molecule has 4 nitrogen and oxygen atoms in total. The molecule has 2 aromatic rings. The summed E-state index contributed by atoms with van der Waals surface area (Å²) in [6.07, 6.45) is 2.00. The summed E-state index contributed by atoms with van der Waals surface area (Å²) >= 11 is 5.92. The van der Waals surface area contributed by atoms with E-state index >= 15 is 0 Å². The van der Waals surface area contributed by atoms with E-state index in [1.165, 1.54) is 0 Å². The second-order valence-corrected chi connectivity index (χ2v) is 4.67. The predicted molar refractivity (Wildman–Crippen MR) is 73.6 cm³/mol. The first kappa shape index (κ1) is 12.6. The molecule has 0 radical (unpaired) electrons. The normalized spacial score (nSPS) is 12.3. The van der Waals surface area contributed by atoms with Crippen molar-refractivity contribution in [2.45, 2.75) is 19.4 Å². The fraction of sp³-hybridized carbons (Fsp3) is 0.231. The van der Waals surface area contributed by atoms with Crippen molar-refractivity contribution in [3.63, 3.8) is 0 Å². The molecule has 1 amide bonds. The molecule has 0 aliphatic carbocycles. The lowest BCUT2D eigenvalue weighted by molar-refractivity contribution is -0.118. The summed E-state index contributed by atoms with van der Waals surface area (Å²) < 4.78 is 0. The second kappa shape index (κ2) is 5.23. The van der Waals surface area contributed by atoms with Gasteiger partial charge in [-0.25, -0.2) is 0 Å². The summed E-state index contributed by atoms with van der Waals surface area (Å²) in [5.74, 6) is -0.323. The number of primary amides is 1. The van der Waals surface area contributed by atoms with Gasteiger partial charge in [-0.3, -0.25) is 9.78 Å². The number of nitrogens with one attached hydrogen (secondary N) is 1. The molecule has 2 rings (SSSR count). The molecule has 5 heteroatoms. The Kier molecular flexibility index (Phi) is 3.67. The Morgan fingerprint density at radius 1 is 1.50 bits per heavy atom. The molecule has 3 N–H and O–H groups in total. The van der Waals surface area contributed by atoms with Crippen LogP contribution in [-0.2, 0) is 4.79 Å². The van der Waals surface area contributed by atoms with Gasteiger partial charge in [0.05, 0.1) is 5.52 Å². The molecule has 1 heterocycles. The number of hydrogen-bond donors (Lipinski definition) is 2. The average molecular weight is 264 g/mol. The first-order valence-electron chi connectivity index (χ1n) is 5.65. The summed E-state index contributed by atoms with van der Waals surface area (Å²) in [4.78, 5) is 15.1. The maximum absolute atomic E-state index is 10.9. The Morgan fingerprint density at radius 3 is 3.00 bits per heavy atom. The standard InChI is InChI=1S/C13H14ClN3O/c1-8(6-13(15)18)17-11-4-5-16-12-7-9(14)2-3-10(11)12/h2-5,7-8H,6H2,1H3,(H2,15,18)(H,16,17). The topological polar surface area (TPSA) is 68.0 Å². The number of fused-ring (bicyclic) bond motifs is 1. The van der Waals surface area contributed by atoms with Gasteiger partial charge in [0.1, 0.15) is 0 Å². The van der Waals surface area contributed by atoms with Crippen LogP contribution in [0.2, 0.25) is 5.02 Å². The number of anilines is 1. The van der Waals surface area contributed by atoms with Crippen molar-refractivity contribution in [3.8, 4) is 0 Å². The van der Waals surface area contributed by atoms with Gasteiger partial charge in [0.2, 0.25) is 5.91 Å². The number of carbonyl (C=O) groups is 1. The lowest BCUT2D eigenvalue weighted by Gasteiger charge is -2.15. The highest BCUT2D eigenvalue weighted by molar-refractivity contribution is 6.31. The van der Waals surface area contributed by atoms with E-state index < -0.39 is 0 Å². The van der Waals surface area contributed by atoms with Gasteiger partial charge in [-0.05, 0) is 31.2 Å². The maximum atomic E-state index is 10.9. The Labute approximate surface area is 110 Å². The lowest BCUT2D eigenvalue weighted by Crippen LogP contribution is -2.24. The molecule has 0 spiro atoms. The highest BCUT2D eigenvalue weighted by atomic mass is 35.5. The third kappa shape index (κ3) is 2.90. The van der Waals surface area contributed by atoms with E-state index in [1.54, 1.807) is 12.3 Å². The maximum Gasteiger partial charge on any atom is 0.219 e. The van der Waals surface area contributed by atoms with Gasteiger partial charge in [0.15, 0.2) is 0 Å². The van der Waals surface area contributed by atoms with Crippen LogP contribution in [0.15, 0.2) is 30.5 Å². The molecule has 0 fully saturated rings. The number of carbonyl (C=O) groups excluding carboxylic acids is 1. The van der Waals surface area contributed by atoms with Crippen molar-refractivity contribution < 1.29 is 4.79 Å². The molecule has 94 valence electrons. The molecular formula is C13H14ClN3O. The monoisotopic (exact) mass is 263 g/mol. The third-order valence-corrected chi connectivity index (χ3v) is 2.85. The molecule has 0 saturated carbocycles. The molecule has 18 heavy (non-hydrogen) atoms. The predicted octanol–water partition coefficient (Wildman–Crippen LogP) is 2.56. The van der Waals surface area contributed by atoms with Crippen molar-refractivity contribution in [1.82, 2.24) is 4.98 Å². The summed E-state index contributed by atoms with van der Waals surface area (Å²) in [5, 5.41) is 4.87. The smallest absolute Gasteiger partial charge is 0.219 e. The van der Waals surface area contributed by atoms with Crippen molar-refractivity contribution in [2.75, 3.05) is 5.32 Å². The van der Waals surface area contributed by atoms with E-state index in [0.29, 0.717) is 5.02 Å². The Hall–Kier alpha value is -1.81. The number of nitrogens with two attached hydrogens (primary N) is 1. The molecule has 0 aliphatic rings. The number of pyridine rings is 1. The van der Waals surface area contributed by atoms with Crippen LogP contribution in [0.25, 0.3) is 10.9 Å².